The maximum absolute atomic E-state index is 6.32. The molecule has 2 nitrogen and oxygen atoms in total. The molecule has 0 radical (unpaired) electrons. The Morgan fingerprint density at radius 3 is 2.37 bits per heavy atom. The van der Waals surface area contributed by atoms with Gasteiger partial charge in [-0.15, -0.1) is 0 Å². The number of unbranched alkanes of at least 4 members (excludes halogenated alkanes) is 1. The van der Waals surface area contributed by atoms with E-state index in [1.807, 2.05) is 0 Å². The van der Waals surface area contributed by atoms with Crippen molar-refractivity contribution in [2.24, 2.45) is 5.92 Å². The fourth-order valence-corrected chi connectivity index (χ4v) is 3.20. The molecule has 114 valence electrons. The molecule has 1 saturated carbocycles. The molecule has 0 aromatic carbocycles. The van der Waals surface area contributed by atoms with Gasteiger partial charge in [0.05, 0.1) is 5.60 Å². The highest BCUT2D eigenvalue weighted by molar-refractivity contribution is 4.89. The Balaban J connectivity index is 2.41. The van der Waals surface area contributed by atoms with Crippen LogP contribution in [0.1, 0.15) is 78.6 Å². The van der Waals surface area contributed by atoms with Crippen molar-refractivity contribution in [3.8, 4) is 0 Å². The quantitative estimate of drug-likeness (QED) is 0.588. The average molecular weight is 269 g/mol. The third-order valence-corrected chi connectivity index (χ3v) is 4.49. The molecule has 0 bridgehead atoms. The van der Waals surface area contributed by atoms with Crippen LogP contribution in [0.2, 0.25) is 0 Å². The largest absolute Gasteiger partial charge is 0.374 e. The Morgan fingerprint density at radius 1 is 1.05 bits per heavy atom. The lowest BCUT2D eigenvalue weighted by atomic mass is 9.77. The van der Waals surface area contributed by atoms with Crippen molar-refractivity contribution in [3.05, 3.63) is 0 Å². The van der Waals surface area contributed by atoms with Gasteiger partial charge in [0.25, 0.3) is 0 Å². The zero-order valence-corrected chi connectivity index (χ0v) is 13.5. The second kappa shape index (κ2) is 9.77. The average Bonchev–Trinajstić information content (AvgIpc) is 2.42. The van der Waals surface area contributed by atoms with E-state index < -0.39 is 0 Å². The molecule has 1 fully saturated rings. The van der Waals surface area contributed by atoms with Crippen molar-refractivity contribution in [2.45, 2.75) is 84.2 Å². The fourth-order valence-electron chi connectivity index (χ4n) is 3.20. The lowest BCUT2D eigenvalue weighted by Crippen LogP contribution is -2.46. The molecule has 0 aromatic rings. The van der Waals surface area contributed by atoms with Crippen molar-refractivity contribution in [2.75, 3.05) is 19.7 Å². The molecule has 0 heterocycles. The van der Waals surface area contributed by atoms with E-state index in [4.69, 9.17) is 4.74 Å². The van der Waals surface area contributed by atoms with Gasteiger partial charge in [-0.3, -0.25) is 0 Å². The minimum atomic E-state index is 0.147. The minimum Gasteiger partial charge on any atom is -0.374 e. The van der Waals surface area contributed by atoms with E-state index in [2.05, 4.69) is 26.1 Å². The van der Waals surface area contributed by atoms with Gasteiger partial charge in [-0.1, -0.05) is 40.0 Å². The zero-order valence-electron chi connectivity index (χ0n) is 13.5. The smallest absolute Gasteiger partial charge is 0.0806 e. The first-order chi connectivity index (χ1) is 9.26. The van der Waals surface area contributed by atoms with Gasteiger partial charge in [-0.25, -0.2) is 0 Å². The Morgan fingerprint density at radius 2 is 1.79 bits per heavy atom. The molecule has 0 atom stereocenters. The van der Waals surface area contributed by atoms with Gasteiger partial charge in [0.2, 0.25) is 0 Å². The van der Waals surface area contributed by atoms with Crippen molar-refractivity contribution in [3.63, 3.8) is 0 Å². The molecule has 0 saturated heterocycles. The molecule has 1 aliphatic rings. The Hall–Kier alpha value is -0.0800. The third kappa shape index (κ3) is 6.27. The van der Waals surface area contributed by atoms with Gasteiger partial charge < -0.3 is 10.1 Å². The van der Waals surface area contributed by atoms with Crippen molar-refractivity contribution >= 4 is 0 Å². The lowest BCUT2D eigenvalue weighted by molar-refractivity contribution is -0.0776. The van der Waals surface area contributed by atoms with Crippen LogP contribution in [0, 0.1) is 5.92 Å². The van der Waals surface area contributed by atoms with Crippen LogP contribution in [0.5, 0.6) is 0 Å². The first kappa shape index (κ1) is 17.0. The van der Waals surface area contributed by atoms with Crippen LogP contribution in [-0.2, 0) is 4.74 Å². The highest BCUT2D eigenvalue weighted by Crippen LogP contribution is 2.36. The SMILES string of the molecule is CCCCOC1(CNCCC)CCC(CCC)CC1. The topological polar surface area (TPSA) is 21.3 Å². The van der Waals surface area contributed by atoms with Crippen molar-refractivity contribution < 1.29 is 4.74 Å². The fraction of sp³-hybridized carbons (Fsp3) is 1.00. The molecule has 2 heteroatoms. The molecular weight excluding hydrogens is 234 g/mol. The Kier molecular flexibility index (Phi) is 8.72. The summed E-state index contributed by atoms with van der Waals surface area (Å²) in [4.78, 5) is 0. The van der Waals surface area contributed by atoms with E-state index >= 15 is 0 Å². The summed E-state index contributed by atoms with van der Waals surface area (Å²) >= 11 is 0. The third-order valence-electron chi connectivity index (χ3n) is 4.49. The van der Waals surface area contributed by atoms with Crippen molar-refractivity contribution in [1.29, 1.82) is 0 Å². The standard InChI is InChI=1S/C17H35NO/c1-4-7-14-19-17(15-18-13-6-3)11-9-16(8-5-2)10-12-17/h16,18H,4-15H2,1-3H3. The summed E-state index contributed by atoms with van der Waals surface area (Å²) in [7, 11) is 0. The van der Waals surface area contributed by atoms with Crippen LogP contribution < -0.4 is 5.32 Å². The number of rotatable bonds is 10. The Bertz CT molecular complexity index is 197. The second-order valence-electron chi connectivity index (χ2n) is 6.29. The summed E-state index contributed by atoms with van der Waals surface area (Å²) in [5, 5.41) is 3.59. The van der Waals surface area contributed by atoms with Crippen LogP contribution in [-0.4, -0.2) is 25.3 Å². The summed E-state index contributed by atoms with van der Waals surface area (Å²) in [5.74, 6) is 0.957. The van der Waals surface area contributed by atoms with E-state index in [9.17, 15) is 0 Å². The molecule has 0 amide bonds. The molecule has 0 aromatic heterocycles. The summed E-state index contributed by atoms with van der Waals surface area (Å²) in [6.45, 7) is 9.91. The number of hydrogen-bond donors (Lipinski definition) is 1. The zero-order chi connectivity index (χ0) is 14.0. The highest BCUT2D eigenvalue weighted by atomic mass is 16.5. The predicted molar refractivity (Wildman–Crippen MR) is 83.6 cm³/mol. The van der Waals surface area contributed by atoms with E-state index in [1.165, 1.54) is 57.8 Å². The van der Waals surface area contributed by atoms with Crippen LogP contribution in [0.4, 0.5) is 0 Å². The van der Waals surface area contributed by atoms with E-state index in [0.717, 1.165) is 25.6 Å². The van der Waals surface area contributed by atoms with Gasteiger partial charge >= 0.3 is 0 Å². The van der Waals surface area contributed by atoms with Gasteiger partial charge in [-0.05, 0) is 51.0 Å². The molecule has 0 aliphatic heterocycles. The van der Waals surface area contributed by atoms with Crippen molar-refractivity contribution in [1.82, 2.24) is 5.32 Å². The predicted octanol–water partition coefficient (Wildman–Crippen LogP) is 4.53. The summed E-state index contributed by atoms with van der Waals surface area (Å²) in [6.07, 6.45) is 11.7. The number of hydrogen-bond acceptors (Lipinski definition) is 2. The second-order valence-corrected chi connectivity index (χ2v) is 6.29. The van der Waals surface area contributed by atoms with Crippen LogP contribution in [0.25, 0.3) is 0 Å². The maximum Gasteiger partial charge on any atom is 0.0806 e. The van der Waals surface area contributed by atoms with Gasteiger partial charge in [0.15, 0.2) is 0 Å². The molecule has 1 N–H and O–H groups in total. The van der Waals surface area contributed by atoms with E-state index in [0.29, 0.717) is 0 Å². The summed E-state index contributed by atoms with van der Waals surface area (Å²) in [5.41, 5.74) is 0.147. The molecule has 0 spiro atoms. The number of ether oxygens (including phenoxy) is 1. The molecule has 0 unspecified atom stereocenters. The monoisotopic (exact) mass is 269 g/mol. The first-order valence-corrected chi connectivity index (χ1v) is 8.61. The van der Waals surface area contributed by atoms with Crippen LogP contribution >= 0.6 is 0 Å². The molecule has 1 rings (SSSR count). The van der Waals surface area contributed by atoms with Gasteiger partial charge in [0, 0.05) is 13.2 Å². The normalized spacial score (nSPS) is 27.6. The number of nitrogens with one attached hydrogen (secondary N) is 1. The molecular formula is C17H35NO. The maximum atomic E-state index is 6.32. The highest BCUT2D eigenvalue weighted by Gasteiger charge is 2.35. The molecule has 19 heavy (non-hydrogen) atoms. The van der Waals surface area contributed by atoms with Crippen LogP contribution in [0.15, 0.2) is 0 Å². The first-order valence-electron chi connectivity index (χ1n) is 8.61. The molecule has 1 aliphatic carbocycles. The van der Waals surface area contributed by atoms with Gasteiger partial charge in [0.1, 0.15) is 0 Å². The minimum absolute atomic E-state index is 0.147. The lowest BCUT2D eigenvalue weighted by Gasteiger charge is -2.40. The summed E-state index contributed by atoms with van der Waals surface area (Å²) < 4.78 is 6.32. The van der Waals surface area contributed by atoms with Gasteiger partial charge in [-0.2, -0.15) is 0 Å². The van der Waals surface area contributed by atoms with E-state index in [1.54, 1.807) is 0 Å². The summed E-state index contributed by atoms with van der Waals surface area (Å²) in [6, 6.07) is 0. The van der Waals surface area contributed by atoms with Crippen LogP contribution in [0.3, 0.4) is 0 Å². The van der Waals surface area contributed by atoms with E-state index in [-0.39, 0.29) is 5.60 Å². The Labute approximate surface area is 120 Å².